The molecule has 2 heterocycles. The van der Waals surface area contributed by atoms with Crippen LogP contribution >= 0.6 is 0 Å². The molecule has 0 saturated heterocycles. The van der Waals surface area contributed by atoms with E-state index in [0.29, 0.717) is 18.2 Å². The Labute approximate surface area is 147 Å². The molecule has 1 amide bonds. The summed E-state index contributed by atoms with van der Waals surface area (Å²) in [4.78, 5) is 23.3. The van der Waals surface area contributed by atoms with Crippen molar-refractivity contribution < 1.29 is 4.79 Å². The van der Waals surface area contributed by atoms with Crippen LogP contribution in [0.25, 0.3) is 11.2 Å². The van der Waals surface area contributed by atoms with E-state index in [2.05, 4.69) is 45.7 Å². The molecule has 3 aromatic rings. The van der Waals surface area contributed by atoms with Gasteiger partial charge in [-0.2, -0.15) is 0 Å². The van der Waals surface area contributed by atoms with Gasteiger partial charge in [0.15, 0.2) is 5.65 Å². The van der Waals surface area contributed by atoms with E-state index in [9.17, 15) is 4.79 Å². The quantitative estimate of drug-likeness (QED) is 0.716. The number of hydrogen-bond donors (Lipinski definition) is 0. The summed E-state index contributed by atoms with van der Waals surface area (Å²) in [5.41, 5.74) is 4.68. The third-order valence-corrected chi connectivity index (χ3v) is 4.80. The summed E-state index contributed by atoms with van der Waals surface area (Å²) in [6, 6.07) is 10.8. The average Bonchev–Trinajstić information content (AvgIpc) is 3.40. The van der Waals surface area contributed by atoms with Gasteiger partial charge >= 0.3 is 0 Å². The number of carbonyl (C=O) groups is 1. The number of hydrogen-bond acceptors (Lipinski definition) is 3. The Balaban J connectivity index is 1.51. The normalized spacial score (nSPS) is 14.0. The van der Waals surface area contributed by atoms with Gasteiger partial charge in [-0.1, -0.05) is 31.2 Å². The van der Waals surface area contributed by atoms with E-state index in [1.807, 2.05) is 19.4 Å². The zero-order chi connectivity index (χ0) is 17.4. The molecule has 25 heavy (non-hydrogen) atoms. The van der Waals surface area contributed by atoms with E-state index in [4.69, 9.17) is 0 Å². The second-order valence-corrected chi connectivity index (χ2v) is 6.78. The van der Waals surface area contributed by atoms with Crippen molar-refractivity contribution in [1.82, 2.24) is 19.4 Å². The Morgan fingerprint density at radius 3 is 2.60 bits per heavy atom. The van der Waals surface area contributed by atoms with Gasteiger partial charge in [0.25, 0.3) is 5.91 Å². The van der Waals surface area contributed by atoms with Gasteiger partial charge in [-0.15, -0.1) is 0 Å². The van der Waals surface area contributed by atoms with E-state index in [0.717, 1.165) is 23.1 Å². The summed E-state index contributed by atoms with van der Waals surface area (Å²) in [6.45, 7) is 2.72. The second kappa shape index (κ2) is 6.31. The highest BCUT2D eigenvalue weighted by Gasteiger charge is 2.26. The first-order valence-electron chi connectivity index (χ1n) is 8.81. The van der Waals surface area contributed by atoms with Crippen LogP contribution < -0.4 is 0 Å². The molecule has 1 aromatic carbocycles. The Hall–Kier alpha value is -2.69. The number of pyridine rings is 1. The standard InChI is InChI=1S/C20H22N4O/c1-3-14-4-6-15(7-5-14)12-23(2)20(25)16-10-18-19(21-11-16)24(13-22-18)17-8-9-17/h4-7,10-11,13,17H,3,8-9,12H2,1-2H3. The molecule has 0 spiro atoms. The van der Waals surface area contributed by atoms with Crippen LogP contribution in [0.15, 0.2) is 42.9 Å². The molecule has 0 bridgehead atoms. The first kappa shape index (κ1) is 15.8. The lowest BCUT2D eigenvalue weighted by molar-refractivity contribution is 0.0785. The molecule has 128 valence electrons. The van der Waals surface area contributed by atoms with Crippen molar-refractivity contribution in [2.75, 3.05) is 7.05 Å². The minimum atomic E-state index is -0.0325. The Bertz CT molecular complexity index is 909. The molecular formula is C20H22N4O. The number of benzene rings is 1. The Morgan fingerprint density at radius 1 is 1.20 bits per heavy atom. The molecule has 0 aliphatic heterocycles. The van der Waals surface area contributed by atoms with Gasteiger partial charge in [-0.25, -0.2) is 9.97 Å². The summed E-state index contributed by atoms with van der Waals surface area (Å²) < 4.78 is 2.11. The van der Waals surface area contributed by atoms with Crippen molar-refractivity contribution in [3.63, 3.8) is 0 Å². The van der Waals surface area contributed by atoms with Crippen LogP contribution in [0, 0.1) is 0 Å². The van der Waals surface area contributed by atoms with E-state index in [1.165, 1.54) is 18.4 Å². The number of aryl methyl sites for hydroxylation is 1. The van der Waals surface area contributed by atoms with Gasteiger partial charge < -0.3 is 9.47 Å². The molecular weight excluding hydrogens is 312 g/mol. The van der Waals surface area contributed by atoms with E-state index >= 15 is 0 Å². The molecule has 0 N–H and O–H groups in total. The average molecular weight is 334 g/mol. The Kier molecular flexibility index (Phi) is 3.99. The minimum absolute atomic E-state index is 0.0325. The molecule has 1 fully saturated rings. The third-order valence-electron chi connectivity index (χ3n) is 4.80. The number of aromatic nitrogens is 3. The van der Waals surface area contributed by atoms with E-state index in [1.54, 1.807) is 11.1 Å². The zero-order valence-corrected chi connectivity index (χ0v) is 14.6. The number of imidazole rings is 1. The van der Waals surface area contributed by atoms with Gasteiger partial charge in [0.2, 0.25) is 0 Å². The summed E-state index contributed by atoms with van der Waals surface area (Å²) in [6.07, 6.45) is 6.90. The van der Waals surface area contributed by atoms with Crippen LogP contribution in [0.1, 0.15) is 47.3 Å². The second-order valence-electron chi connectivity index (χ2n) is 6.78. The molecule has 2 aromatic heterocycles. The van der Waals surface area contributed by atoms with Crippen LogP contribution in [0.3, 0.4) is 0 Å². The predicted molar refractivity (Wildman–Crippen MR) is 97.4 cm³/mol. The predicted octanol–water partition coefficient (Wildman–Crippen LogP) is 3.60. The molecule has 5 nitrogen and oxygen atoms in total. The van der Waals surface area contributed by atoms with Crippen LogP contribution in [-0.2, 0) is 13.0 Å². The van der Waals surface area contributed by atoms with Gasteiger partial charge in [0.05, 0.1) is 11.9 Å². The fourth-order valence-corrected chi connectivity index (χ4v) is 3.10. The van der Waals surface area contributed by atoms with Gasteiger partial charge in [-0.3, -0.25) is 4.79 Å². The first-order chi connectivity index (χ1) is 12.2. The topological polar surface area (TPSA) is 51.0 Å². The molecule has 4 rings (SSSR count). The summed E-state index contributed by atoms with van der Waals surface area (Å²) >= 11 is 0. The molecule has 0 radical (unpaired) electrons. The number of carbonyl (C=O) groups excluding carboxylic acids is 1. The molecule has 0 unspecified atom stereocenters. The number of rotatable bonds is 5. The zero-order valence-electron chi connectivity index (χ0n) is 14.6. The van der Waals surface area contributed by atoms with Crippen molar-refractivity contribution in [3.05, 3.63) is 59.5 Å². The smallest absolute Gasteiger partial charge is 0.255 e. The van der Waals surface area contributed by atoms with Crippen LogP contribution in [0.4, 0.5) is 0 Å². The number of amides is 1. The van der Waals surface area contributed by atoms with Gasteiger partial charge in [0.1, 0.15) is 5.52 Å². The molecule has 1 aliphatic carbocycles. The monoisotopic (exact) mass is 334 g/mol. The summed E-state index contributed by atoms with van der Waals surface area (Å²) in [5, 5.41) is 0. The fourth-order valence-electron chi connectivity index (χ4n) is 3.10. The van der Waals surface area contributed by atoms with Gasteiger partial charge in [-0.05, 0) is 36.5 Å². The third kappa shape index (κ3) is 3.14. The maximum absolute atomic E-state index is 12.7. The van der Waals surface area contributed by atoms with Crippen molar-refractivity contribution >= 4 is 17.1 Å². The largest absolute Gasteiger partial charge is 0.337 e. The molecule has 0 atom stereocenters. The lowest BCUT2D eigenvalue weighted by Gasteiger charge is -2.17. The highest BCUT2D eigenvalue weighted by atomic mass is 16.2. The van der Waals surface area contributed by atoms with Crippen LogP contribution in [-0.4, -0.2) is 32.4 Å². The SMILES string of the molecule is CCc1ccc(CN(C)C(=O)c2cnc3c(c2)ncn3C2CC2)cc1. The molecule has 1 aliphatic rings. The van der Waals surface area contributed by atoms with Crippen LogP contribution in [0.2, 0.25) is 0 Å². The number of fused-ring (bicyclic) bond motifs is 1. The highest BCUT2D eigenvalue weighted by Crippen LogP contribution is 2.36. The lowest BCUT2D eigenvalue weighted by Crippen LogP contribution is -2.26. The number of nitrogens with zero attached hydrogens (tertiary/aromatic N) is 4. The summed E-state index contributed by atoms with van der Waals surface area (Å²) in [5.74, 6) is -0.0325. The van der Waals surface area contributed by atoms with Crippen molar-refractivity contribution in [2.45, 2.75) is 38.8 Å². The molecule has 1 saturated carbocycles. The van der Waals surface area contributed by atoms with Gasteiger partial charge in [0, 0.05) is 25.8 Å². The minimum Gasteiger partial charge on any atom is -0.337 e. The van der Waals surface area contributed by atoms with Crippen LogP contribution in [0.5, 0.6) is 0 Å². The highest BCUT2D eigenvalue weighted by molar-refractivity contribution is 5.96. The van der Waals surface area contributed by atoms with E-state index < -0.39 is 0 Å². The fraction of sp³-hybridized carbons (Fsp3) is 0.350. The van der Waals surface area contributed by atoms with Crippen molar-refractivity contribution in [2.24, 2.45) is 0 Å². The molecule has 5 heteroatoms. The van der Waals surface area contributed by atoms with Crippen molar-refractivity contribution in [1.29, 1.82) is 0 Å². The maximum Gasteiger partial charge on any atom is 0.255 e. The first-order valence-corrected chi connectivity index (χ1v) is 8.81. The lowest BCUT2D eigenvalue weighted by atomic mass is 10.1. The van der Waals surface area contributed by atoms with E-state index in [-0.39, 0.29) is 5.91 Å². The summed E-state index contributed by atoms with van der Waals surface area (Å²) in [7, 11) is 1.82. The maximum atomic E-state index is 12.7. The Morgan fingerprint density at radius 2 is 1.92 bits per heavy atom. The van der Waals surface area contributed by atoms with Crippen molar-refractivity contribution in [3.8, 4) is 0 Å².